The lowest BCUT2D eigenvalue weighted by Crippen LogP contribution is -2.28. The van der Waals surface area contributed by atoms with Gasteiger partial charge >= 0.3 is 0 Å². The van der Waals surface area contributed by atoms with Crippen molar-refractivity contribution in [3.05, 3.63) is 61.7 Å². The number of benzene rings is 2. The first-order chi connectivity index (χ1) is 12.8. The Hall–Kier alpha value is -2.03. The molecule has 0 radical (unpaired) electrons. The molecule has 0 spiro atoms. The first kappa shape index (κ1) is 19.7. The summed E-state index contributed by atoms with van der Waals surface area (Å²) in [5, 5.41) is 9.49. The van der Waals surface area contributed by atoms with Crippen LogP contribution in [0.3, 0.4) is 0 Å². The Morgan fingerprint density at radius 2 is 2.11 bits per heavy atom. The zero-order valence-corrected chi connectivity index (χ0v) is 17.0. The summed E-state index contributed by atoms with van der Waals surface area (Å²) in [6.45, 7) is -0.254. The lowest BCUT2D eigenvalue weighted by Gasteiger charge is -2.14. The van der Waals surface area contributed by atoms with Gasteiger partial charge in [-0.05, 0) is 63.6 Å². The predicted molar refractivity (Wildman–Crippen MR) is 105 cm³/mol. The van der Waals surface area contributed by atoms with Gasteiger partial charge in [0.15, 0.2) is 11.5 Å². The highest BCUT2D eigenvalue weighted by molar-refractivity contribution is 9.10. The number of carbonyl (C=O) groups excluding carboxylic acids is 2. The zero-order valence-electron chi connectivity index (χ0n) is 13.8. The van der Waals surface area contributed by atoms with E-state index in [0.717, 1.165) is 16.7 Å². The molecule has 2 amide bonds. The average molecular weight is 473 g/mol. The highest BCUT2D eigenvalue weighted by Crippen LogP contribution is 2.38. The molecule has 1 saturated heterocycles. The van der Waals surface area contributed by atoms with Gasteiger partial charge in [0.25, 0.3) is 11.1 Å². The molecule has 0 bridgehead atoms. The summed E-state index contributed by atoms with van der Waals surface area (Å²) in [6.07, 6.45) is 1.50. The first-order valence-corrected chi connectivity index (χ1v) is 9.55. The Bertz CT molecular complexity index is 962. The largest absolute Gasteiger partial charge is 0.503 e. The molecule has 5 nitrogen and oxygen atoms in total. The molecule has 2 aromatic rings. The van der Waals surface area contributed by atoms with Crippen molar-refractivity contribution in [3.63, 3.8) is 0 Å². The van der Waals surface area contributed by atoms with Crippen molar-refractivity contribution in [2.75, 3.05) is 7.11 Å². The lowest BCUT2D eigenvalue weighted by atomic mass is 10.1. The van der Waals surface area contributed by atoms with Gasteiger partial charge in [0, 0.05) is 10.6 Å². The third-order valence-electron chi connectivity index (χ3n) is 3.82. The van der Waals surface area contributed by atoms with Crippen LogP contribution in [0.5, 0.6) is 11.5 Å². The molecular weight excluding hydrogens is 461 g/mol. The fraction of sp³-hybridized carbons (Fsp3) is 0.111. The standard InChI is InChI=1S/C18H12BrClFNO4S/c1-26-14-6-9(5-11(19)16(14)23)7-15-17(24)22(18(25)27-15)8-10-12(20)3-2-4-13(10)21/h2-7,23H,8H2,1H3/b15-7+. The number of thioether (sulfide) groups is 1. The van der Waals surface area contributed by atoms with Crippen LogP contribution in [-0.4, -0.2) is 28.3 Å². The summed E-state index contributed by atoms with van der Waals surface area (Å²) >= 11 is 9.93. The second-order valence-corrected chi connectivity index (χ2v) is 7.78. The van der Waals surface area contributed by atoms with Crippen LogP contribution in [-0.2, 0) is 11.3 Å². The van der Waals surface area contributed by atoms with E-state index in [-0.39, 0.29) is 33.5 Å². The molecular formula is C18H12BrClFNO4S. The number of rotatable bonds is 4. The first-order valence-electron chi connectivity index (χ1n) is 7.56. The maximum absolute atomic E-state index is 14.0. The molecule has 1 fully saturated rings. The summed E-state index contributed by atoms with van der Waals surface area (Å²) < 4.78 is 19.4. The predicted octanol–water partition coefficient (Wildman–Crippen LogP) is 5.19. The van der Waals surface area contributed by atoms with Gasteiger partial charge in [-0.1, -0.05) is 17.7 Å². The van der Waals surface area contributed by atoms with E-state index < -0.39 is 17.0 Å². The molecule has 1 heterocycles. The number of imide groups is 1. The van der Waals surface area contributed by atoms with E-state index in [9.17, 15) is 19.1 Å². The SMILES string of the molecule is COc1cc(/C=C2/SC(=O)N(Cc3c(F)cccc3Cl)C2=O)cc(Br)c1O. The third-order valence-corrected chi connectivity index (χ3v) is 5.69. The number of amides is 2. The fourth-order valence-corrected chi connectivity index (χ4v) is 3.98. The number of hydrogen-bond acceptors (Lipinski definition) is 5. The Balaban J connectivity index is 1.90. The van der Waals surface area contributed by atoms with Gasteiger partial charge in [0.2, 0.25) is 0 Å². The highest BCUT2D eigenvalue weighted by Gasteiger charge is 2.36. The molecule has 1 aliphatic rings. The molecule has 2 aromatic carbocycles. The van der Waals surface area contributed by atoms with Gasteiger partial charge in [0.1, 0.15) is 5.82 Å². The van der Waals surface area contributed by atoms with E-state index in [0.29, 0.717) is 10.0 Å². The molecule has 9 heteroatoms. The van der Waals surface area contributed by atoms with Gasteiger partial charge in [-0.15, -0.1) is 0 Å². The number of phenols is 1. The number of hydrogen-bond donors (Lipinski definition) is 1. The number of carbonyl (C=O) groups is 2. The Kier molecular flexibility index (Phi) is 5.78. The lowest BCUT2D eigenvalue weighted by molar-refractivity contribution is -0.123. The quantitative estimate of drug-likeness (QED) is 0.620. The average Bonchev–Trinajstić information content (AvgIpc) is 2.88. The van der Waals surface area contributed by atoms with Crippen molar-refractivity contribution in [1.82, 2.24) is 4.90 Å². The number of halogens is 3. The summed E-state index contributed by atoms with van der Waals surface area (Å²) in [5.41, 5.74) is 0.628. The Morgan fingerprint density at radius 3 is 2.78 bits per heavy atom. The van der Waals surface area contributed by atoms with Crippen molar-refractivity contribution in [1.29, 1.82) is 0 Å². The van der Waals surface area contributed by atoms with Crippen LogP contribution in [0.15, 0.2) is 39.7 Å². The molecule has 27 heavy (non-hydrogen) atoms. The van der Waals surface area contributed by atoms with E-state index in [1.165, 1.54) is 37.5 Å². The van der Waals surface area contributed by atoms with Gasteiger partial charge in [0.05, 0.1) is 23.0 Å². The molecule has 3 rings (SSSR count). The number of nitrogens with zero attached hydrogens (tertiary/aromatic N) is 1. The van der Waals surface area contributed by atoms with Gasteiger partial charge in [-0.25, -0.2) is 4.39 Å². The van der Waals surface area contributed by atoms with Crippen molar-refractivity contribution < 1.29 is 23.8 Å². The van der Waals surface area contributed by atoms with Crippen molar-refractivity contribution in [2.24, 2.45) is 0 Å². The second kappa shape index (κ2) is 7.92. The maximum Gasteiger partial charge on any atom is 0.293 e. The van der Waals surface area contributed by atoms with Crippen LogP contribution >= 0.6 is 39.3 Å². The van der Waals surface area contributed by atoms with Crippen LogP contribution in [0.2, 0.25) is 5.02 Å². The van der Waals surface area contributed by atoms with E-state index >= 15 is 0 Å². The topological polar surface area (TPSA) is 66.8 Å². The van der Waals surface area contributed by atoms with Crippen molar-refractivity contribution >= 4 is 56.5 Å². The monoisotopic (exact) mass is 471 g/mol. The van der Waals surface area contributed by atoms with Gasteiger partial charge in [-0.2, -0.15) is 0 Å². The molecule has 140 valence electrons. The minimum Gasteiger partial charge on any atom is -0.503 e. The van der Waals surface area contributed by atoms with Crippen molar-refractivity contribution in [3.8, 4) is 11.5 Å². The Morgan fingerprint density at radius 1 is 1.37 bits per heavy atom. The number of methoxy groups -OCH3 is 1. The Labute approximate surface area is 171 Å². The van der Waals surface area contributed by atoms with Gasteiger partial charge < -0.3 is 9.84 Å². The van der Waals surface area contributed by atoms with Crippen LogP contribution in [0.25, 0.3) is 6.08 Å². The van der Waals surface area contributed by atoms with Gasteiger partial charge in [-0.3, -0.25) is 14.5 Å². The zero-order chi connectivity index (χ0) is 19.7. The second-order valence-electron chi connectivity index (χ2n) is 5.52. The van der Waals surface area contributed by atoms with E-state index in [1.54, 1.807) is 6.07 Å². The number of phenolic OH excluding ortho intramolecular Hbond substituents is 1. The van der Waals surface area contributed by atoms with Crippen LogP contribution in [0.4, 0.5) is 9.18 Å². The fourth-order valence-electron chi connectivity index (χ4n) is 2.46. The molecule has 0 aliphatic carbocycles. The van der Waals surface area contributed by atoms with Crippen molar-refractivity contribution in [2.45, 2.75) is 6.54 Å². The number of aromatic hydroxyl groups is 1. The number of ether oxygens (including phenoxy) is 1. The highest BCUT2D eigenvalue weighted by atomic mass is 79.9. The summed E-state index contributed by atoms with van der Waals surface area (Å²) in [4.78, 5) is 26.0. The smallest absolute Gasteiger partial charge is 0.293 e. The normalized spacial score (nSPS) is 15.7. The minimum atomic E-state index is -0.585. The summed E-state index contributed by atoms with van der Waals surface area (Å²) in [7, 11) is 1.40. The molecule has 0 unspecified atom stereocenters. The van der Waals surface area contributed by atoms with E-state index in [2.05, 4.69) is 15.9 Å². The minimum absolute atomic E-state index is 0.0723. The van der Waals surface area contributed by atoms with E-state index in [1.807, 2.05) is 0 Å². The molecule has 1 aliphatic heterocycles. The molecule has 0 saturated carbocycles. The molecule has 0 atom stereocenters. The van der Waals surface area contributed by atoms with Crippen LogP contribution < -0.4 is 4.74 Å². The van der Waals surface area contributed by atoms with Crippen LogP contribution in [0.1, 0.15) is 11.1 Å². The molecule has 0 aromatic heterocycles. The van der Waals surface area contributed by atoms with E-state index in [4.69, 9.17) is 16.3 Å². The van der Waals surface area contributed by atoms with Crippen LogP contribution in [0, 0.1) is 5.82 Å². The summed E-state index contributed by atoms with van der Waals surface area (Å²) in [5.74, 6) is -0.991. The summed E-state index contributed by atoms with van der Waals surface area (Å²) in [6, 6.07) is 7.28. The molecule has 1 N–H and O–H groups in total. The third kappa shape index (κ3) is 3.97. The maximum atomic E-state index is 14.0.